The van der Waals surface area contributed by atoms with Gasteiger partial charge in [0.05, 0.1) is 25.3 Å². The number of carbonyl (C=O) groups excluding carboxylic acids is 2. The van der Waals surface area contributed by atoms with Crippen LogP contribution in [0.1, 0.15) is 20.7 Å². The highest BCUT2D eigenvalue weighted by Crippen LogP contribution is 2.22. The Labute approximate surface area is 155 Å². The first-order chi connectivity index (χ1) is 11.9. The molecular formula is C17H15ClN2O4S. The summed E-state index contributed by atoms with van der Waals surface area (Å²) < 4.78 is 9.77. The fourth-order valence-corrected chi connectivity index (χ4v) is 2.38. The lowest BCUT2D eigenvalue weighted by Gasteiger charge is -2.12. The van der Waals surface area contributed by atoms with Crippen LogP contribution in [0.4, 0.5) is 5.69 Å². The molecule has 1 amide bonds. The topological polar surface area (TPSA) is 76.7 Å². The monoisotopic (exact) mass is 378 g/mol. The van der Waals surface area contributed by atoms with E-state index in [1.807, 2.05) is 0 Å². The maximum atomic E-state index is 12.3. The average Bonchev–Trinajstić information content (AvgIpc) is 2.61. The number of thiocarbonyl (C=S) groups is 1. The number of halogens is 1. The van der Waals surface area contributed by atoms with E-state index in [0.717, 1.165) is 0 Å². The Morgan fingerprint density at radius 3 is 2.36 bits per heavy atom. The number of ether oxygens (including phenoxy) is 2. The number of hydrogen-bond acceptors (Lipinski definition) is 5. The Hall–Kier alpha value is -2.64. The van der Waals surface area contributed by atoms with Gasteiger partial charge < -0.3 is 14.8 Å². The minimum Gasteiger partial charge on any atom is -0.496 e. The molecule has 0 saturated carbocycles. The molecule has 0 aliphatic heterocycles. The molecule has 8 heteroatoms. The van der Waals surface area contributed by atoms with Crippen molar-refractivity contribution in [3.8, 4) is 5.75 Å². The quantitative estimate of drug-likeness (QED) is 0.628. The Morgan fingerprint density at radius 2 is 1.76 bits per heavy atom. The van der Waals surface area contributed by atoms with Gasteiger partial charge in [0.25, 0.3) is 5.91 Å². The zero-order valence-corrected chi connectivity index (χ0v) is 15.0. The summed E-state index contributed by atoms with van der Waals surface area (Å²) in [4.78, 5) is 23.7. The lowest BCUT2D eigenvalue weighted by Crippen LogP contribution is -2.34. The SMILES string of the molecule is COC(=O)c1ccc(NC(=S)NC(=O)c2cc(Cl)ccc2OC)cc1. The fourth-order valence-electron chi connectivity index (χ4n) is 2.00. The molecular weight excluding hydrogens is 364 g/mol. The molecule has 130 valence electrons. The van der Waals surface area contributed by atoms with Gasteiger partial charge in [-0.15, -0.1) is 0 Å². The van der Waals surface area contributed by atoms with Crippen LogP contribution in [-0.2, 0) is 4.74 Å². The van der Waals surface area contributed by atoms with Gasteiger partial charge in [0, 0.05) is 10.7 Å². The minimum atomic E-state index is -0.456. The molecule has 0 aliphatic carbocycles. The number of anilines is 1. The van der Waals surface area contributed by atoms with Gasteiger partial charge in [-0.3, -0.25) is 10.1 Å². The van der Waals surface area contributed by atoms with Crippen molar-refractivity contribution in [3.63, 3.8) is 0 Å². The molecule has 2 N–H and O–H groups in total. The third-order valence-electron chi connectivity index (χ3n) is 3.20. The van der Waals surface area contributed by atoms with Crippen molar-refractivity contribution < 1.29 is 19.1 Å². The van der Waals surface area contributed by atoms with Crippen LogP contribution in [-0.4, -0.2) is 31.2 Å². The third kappa shape index (κ3) is 4.91. The van der Waals surface area contributed by atoms with Crippen molar-refractivity contribution in [3.05, 3.63) is 58.6 Å². The summed E-state index contributed by atoms with van der Waals surface area (Å²) in [5.74, 6) is -0.509. The van der Waals surface area contributed by atoms with Crippen LogP contribution >= 0.6 is 23.8 Å². The Bertz CT molecular complexity index is 809. The number of benzene rings is 2. The first-order valence-electron chi connectivity index (χ1n) is 7.09. The molecule has 2 rings (SSSR count). The van der Waals surface area contributed by atoms with Crippen molar-refractivity contribution in [1.29, 1.82) is 0 Å². The van der Waals surface area contributed by atoms with Crippen molar-refractivity contribution in [2.45, 2.75) is 0 Å². The molecule has 0 spiro atoms. The number of nitrogens with one attached hydrogen (secondary N) is 2. The van der Waals surface area contributed by atoms with Gasteiger partial charge in [0.15, 0.2) is 5.11 Å². The molecule has 0 aromatic heterocycles. The largest absolute Gasteiger partial charge is 0.496 e. The van der Waals surface area contributed by atoms with E-state index < -0.39 is 11.9 Å². The molecule has 0 atom stereocenters. The predicted octanol–water partition coefficient (Wildman–Crippen LogP) is 3.26. The lowest BCUT2D eigenvalue weighted by atomic mass is 10.2. The molecule has 0 bridgehead atoms. The van der Waals surface area contributed by atoms with E-state index in [9.17, 15) is 9.59 Å². The van der Waals surface area contributed by atoms with E-state index in [1.54, 1.807) is 36.4 Å². The Kier molecular flexibility index (Phi) is 6.32. The van der Waals surface area contributed by atoms with Gasteiger partial charge in [-0.25, -0.2) is 4.79 Å². The van der Waals surface area contributed by atoms with E-state index >= 15 is 0 Å². The van der Waals surface area contributed by atoms with Crippen molar-refractivity contribution in [2.24, 2.45) is 0 Å². The molecule has 2 aromatic rings. The summed E-state index contributed by atoms with van der Waals surface area (Å²) in [5, 5.41) is 5.90. The summed E-state index contributed by atoms with van der Waals surface area (Å²) in [5.41, 5.74) is 1.28. The molecule has 0 fully saturated rings. The molecule has 0 unspecified atom stereocenters. The van der Waals surface area contributed by atoms with Crippen LogP contribution in [0.5, 0.6) is 5.75 Å². The second-order valence-electron chi connectivity index (χ2n) is 4.82. The standard InChI is InChI=1S/C17H15ClN2O4S/c1-23-14-8-5-11(18)9-13(14)15(21)20-17(25)19-12-6-3-10(4-7-12)16(22)24-2/h3-9H,1-2H3,(H2,19,20,21,25). The van der Waals surface area contributed by atoms with Gasteiger partial charge in [0.2, 0.25) is 0 Å². The summed E-state index contributed by atoms with van der Waals surface area (Å²) in [6, 6.07) is 11.2. The molecule has 25 heavy (non-hydrogen) atoms. The Morgan fingerprint density at radius 1 is 1.08 bits per heavy atom. The average molecular weight is 379 g/mol. The first kappa shape index (κ1) is 18.7. The normalized spacial score (nSPS) is 9.88. The maximum Gasteiger partial charge on any atom is 0.337 e. The van der Waals surface area contributed by atoms with Gasteiger partial charge in [-0.05, 0) is 54.7 Å². The number of amides is 1. The summed E-state index contributed by atoms with van der Waals surface area (Å²) in [6.07, 6.45) is 0. The van der Waals surface area contributed by atoms with E-state index in [4.69, 9.17) is 28.6 Å². The van der Waals surface area contributed by atoms with Crippen LogP contribution in [0.2, 0.25) is 5.02 Å². The number of methoxy groups -OCH3 is 2. The van der Waals surface area contributed by atoms with Crippen LogP contribution < -0.4 is 15.4 Å². The molecule has 2 aromatic carbocycles. The molecule has 0 radical (unpaired) electrons. The number of hydrogen-bond donors (Lipinski definition) is 2. The fraction of sp³-hybridized carbons (Fsp3) is 0.118. The van der Waals surface area contributed by atoms with E-state index in [-0.39, 0.29) is 10.7 Å². The summed E-state index contributed by atoms with van der Waals surface area (Å²) in [6.45, 7) is 0. The minimum absolute atomic E-state index is 0.0952. The van der Waals surface area contributed by atoms with Crippen LogP contribution in [0, 0.1) is 0 Å². The van der Waals surface area contributed by atoms with Crippen molar-refractivity contribution >= 4 is 46.5 Å². The van der Waals surface area contributed by atoms with Gasteiger partial charge in [-0.1, -0.05) is 11.6 Å². The summed E-state index contributed by atoms with van der Waals surface area (Å²) in [7, 11) is 2.77. The van der Waals surface area contributed by atoms with E-state index in [1.165, 1.54) is 20.3 Å². The molecule has 6 nitrogen and oxygen atoms in total. The van der Waals surface area contributed by atoms with Crippen molar-refractivity contribution in [2.75, 3.05) is 19.5 Å². The van der Waals surface area contributed by atoms with E-state index in [2.05, 4.69) is 15.4 Å². The lowest BCUT2D eigenvalue weighted by molar-refractivity contribution is 0.0600. The number of carbonyl (C=O) groups is 2. The zero-order chi connectivity index (χ0) is 18.4. The molecule has 0 saturated heterocycles. The van der Waals surface area contributed by atoms with E-state index in [0.29, 0.717) is 22.0 Å². The predicted molar refractivity (Wildman–Crippen MR) is 99.5 cm³/mol. The van der Waals surface area contributed by atoms with Crippen LogP contribution in [0.15, 0.2) is 42.5 Å². The second kappa shape index (κ2) is 8.46. The molecule has 0 aliphatic rings. The molecule has 0 heterocycles. The van der Waals surface area contributed by atoms with Gasteiger partial charge >= 0.3 is 5.97 Å². The summed E-state index contributed by atoms with van der Waals surface area (Å²) >= 11 is 11.0. The van der Waals surface area contributed by atoms with Crippen LogP contribution in [0.25, 0.3) is 0 Å². The zero-order valence-electron chi connectivity index (χ0n) is 13.5. The third-order valence-corrected chi connectivity index (χ3v) is 3.64. The maximum absolute atomic E-state index is 12.3. The highest BCUT2D eigenvalue weighted by atomic mass is 35.5. The van der Waals surface area contributed by atoms with Gasteiger partial charge in [-0.2, -0.15) is 0 Å². The van der Waals surface area contributed by atoms with Gasteiger partial charge in [0.1, 0.15) is 5.75 Å². The highest BCUT2D eigenvalue weighted by Gasteiger charge is 2.14. The van der Waals surface area contributed by atoms with Crippen molar-refractivity contribution in [1.82, 2.24) is 5.32 Å². The smallest absolute Gasteiger partial charge is 0.337 e. The second-order valence-corrected chi connectivity index (χ2v) is 5.67. The van der Waals surface area contributed by atoms with Crippen LogP contribution in [0.3, 0.4) is 0 Å². The number of esters is 1. The first-order valence-corrected chi connectivity index (χ1v) is 7.87. The number of rotatable bonds is 4. The highest BCUT2D eigenvalue weighted by molar-refractivity contribution is 7.80. The Balaban J connectivity index is 2.04.